The highest BCUT2D eigenvalue weighted by Crippen LogP contribution is 2.52. The van der Waals surface area contributed by atoms with E-state index in [-0.39, 0.29) is 30.0 Å². The first-order valence-electron chi connectivity index (χ1n) is 7.08. The summed E-state index contributed by atoms with van der Waals surface area (Å²) in [6.07, 6.45) is 5.08. The SMILES string of the molecule is C=C1C(=O)OC2CC(C)[C@]34C=C[C@](C)(OO3)O[C@@H]4C[C@H]12. The molecule has 5 heteroatoms. The van der Waals surface area contributed by atoms with Gasteiger partial charge in [-0.15, -0.1) is 0 Å². The molecule has 0 amide bonds. The molecule has 5 aliphatic rings. The van der Waals surface area contributed by atoms with Crippen molar-refractivity contribution in [3.63, 3.8) is 0 Å². The van der Waals surface area contributed by atoms with Gasteiger partial charge in [-0.2, -0.15) is 4.89 Å². The molecule has 6 atom stereocenters. The summed E-state index contributed by atoms with van der Waals surface area (Å²) in [6.45, 7) is 7.78. The summed E-state index contributed by atoms with van der Waals surface area (Å²) in [5, 5.41) is 0. The maximum absolute atomic E-state index is 11.7. The second kappa shape index (κ2) is 3.72. The van der Waals surface area contributed by atoms with Crippen molar-refractivity contribution in [1.29, 1.82) is 0 Å². The standard InChI is InChI=1S/C15H18O5/c1-8-6-11-10(9(2)13(16)17-11)7-12-15(8)5-4-14(3,18-12)19-20-15/h4-5,8,10-12H,2,6-7H2,1,3H3/t8?,10-,11?,12-,14+,15+/m1/s1. The Morgan fingerprint density at radius 2 is 2.10 bits per heavy atom. The van der Waals surface area contributed by atoms with Crippen LogP contribution in [0.25, 0.3) is 0 Å². The van der Waals surface area contributed by atoms with E-state index in [1.165, 1.54) is 0 Å². The molecule has 4 aliphatic heterocycles. The molecule has 2 saturated heterocycles. The van der Waals surface area contributed by atoms with Crippen LogP contribution in [-0.4, -0.2) is 29.6 Å². The molecule has 0 N–H and O–H groups in total. The summed E-state index contributed by atoms with van der Waals surface area (Å²) in [7, 11) is 0. The average Bonchev–Trinajstić information content (AvgIpc) is 2.61. The van der Waals surface area contributed by atoms with E-state index in [0.717, 1.165) is 6.42 Å². The maximum Gasteiger partial charge on any atom is 0.334 e. The van der Waals surface area contributed by atoms with Crippen LogP contribution >= 0.6 is 0 Å². The lowest BCUT2D eigenvalue weighted by Gasteiger charge is -2.52. The highest BCUT2D eigenvalue weighted by atomic mass is 17.3. The van der Waals surface area contributed by atoms with E-state index < -0.39 is 11.4 Å². The zero-order valence-electron chi connectivity index (χ0n) is 11.6. The van der Waals surface area contributed by atoms with Gasteiger partial charge in [0, 0.05) is 11.5 Å². The lowest BCUT2D eigenvalue weighted by Crippen LogP contribution is -2.61. The van der Waals surface area contributed by atoms with Crippen molar-refractivity contribution < 1.29 is 24.0 Å². The number of esters is 1. The number of carbonyl (C=O) groups is 1. The fourth-order valence-corrected chi connectivity index (χ4v) is 3.82. The van der Waals surface area contributed by atoms with Crippen LogP contribution in [0.2, 0.25) is 0 Å². The molecule has 0 aromatic rings. The minimum Gasteiger partial charge on any atom is -0.458 e. The van der Waals surface area contributed by atoms with E-state index in [4.69, 9.17) is 19.2 Å². The highest BCUT2D eigenvalue weighted by molar-refractivity contribution is 5.90. The van der Waals surface area contributed by atoms with Gasteiger partial charge in [0.25, 0.3) is 0 Å². The number of hydrogen-bond donors (Lipinski definition) is 0. The Hall–Kier alpha value is -1.17. The van der Waals surface area contributed by atoms with Gasteiger partial charge in [-0.25, -0.2) is 9.68 Å². The van der Waals surface area contributed by atoms with Crippen molar-refractivity contribution in [2.24, 2.45) is 11.8 Å². The molecule has 1 spiro atoms. The van der Waals surface area contributed by atoms with Gasteiger partial charge in [-0.1, -0.05) is 13.5 Å². The molecule has 5 nitrogen and oxygen atoms in total. The lowest BCUT2D eigenvalue weighted by atomic mass is 9.79. The smallest absolute Gasteiger partial charge is 0.334 e. The Morgan fingerprint density at radius 1 is 1.30 bits per heavy atom. The van der Waals surface area contributed by atoms with Crippen molar-refractivity contribution >= 4 is 5.97 Å². The molecule has 0 aromatic heterocycles. The van der Waals surface area contributed by atoms with E-state index in [1.807, 2.05) is 13.0 Å². The summed E-state index contributed by atoms with van der Waals surface area (Å²) < 4.78 is 11.5. The van der Waals surface area contributed by atoms with Crippen LogP contribution in [-0.2, 0) is 24.0 Å². The molecule has 2 bridgehead atoms. The molecule has 3 fully saturated rings. The number of ether oxygens (including phenoxy) is 2. The lowest BCUT2D eigenvalue weighted by molar-refractivity contribution is -0.517. The summed E-state index contributed by atoms with van der Waals surface area (Å²) in [6, 6.07) is 0. The molecule has 0 aromatic carbocycles. The Labute approximate surface area is 117 Å². The molecule has 2 unspecified atom stereocenters. The van der Waals surface area contributed by atoms with Crippen molar-refractivity contribution in [2.75, 3.05) is 0 Å². The fraction of sp³-hybridized carbons (Fsp3) is 0.667. The van der Waals surface area contributed by atoms with E-state index in [9.17, 15) is 4.79 Å². The van der Waals surface area contributed by atoms with Gasteiger partial charge >= 0.3 is 5.97 Å². The first kappa shape index (κ1) is 12.6. The molecule has 4 heterocycles. The first-order chi connectivity index (χ1) is 9.43. The fourth-order valence-electron chi connectivity index (χ4n) is 3.82. The van der Waals surface area contributed by atoms with Crippen molar-refractivity contribution in [2.45, 2.75) is 50.3 Å². The van der Waals surface area contributed by atoms with Gasteiger partial charge in [-0.05, 0) is 37.8 Å². The molecular weight excluding hydrogens is 260 g/mol. The van der Waals surface area contributed by atoms with Crippen LogP contribution in [0.5, 0.6) is 0 Å². The van der Waals surface area contributed by atoms with Gasteiger partial charge in [-0.3, -0.25) is 0 Å². The normalized spacial score (nSPS) is 53.3. The largest absolute Gasteiger partial charge is 0.458 e. The molecule has 108 valence electrons. The van der Waals surface area contributed by atoms with E-state index >= 15 is 0 Å². The minimum atomic E-state index is -0.837. The second-order valence-electron chi connectivity index (χ2n) is 6.42. The van der Waals surface area contributed by atoms with E-state index in [1.54, 1.807) is 0 Å². The van der Waals surface area contributed by atoms with Crippen molar-refractivity contribution in [1.82, 2.24) is 0 Å². The number of hydrogen-bond acceptors (Lipinski definition) is 5. The van der Waals surface area contributed by atoms with Gasteiger partial charge in [0.05, 0.1) is 6.10 Å². The van der Waals surface area contributed by atoms with Crippen LogP contribution < -0.4 is 0 Å². The molecule has 0 radical (unpaired) electrons. The van der Waals surface area contributed by atoms with Crippen LogP contribution in [0, 0.1) is 11.8 Å². The predicted octanol–water partition coefficient (Wildman–Crippen LogP) is 1.89. The van der Waals surface area contributed by atoms with Gasteiger partial charge in [0.2, 0.25) is 5.79 Å². The molecular formula is C15H18O5. The molecule has 20 heavy (non-hydrogen) atoms. The average molecular weight is 278 g/mol. The third kappa shape index (κ3) is 1.46. The van der Waals surface area contributed by atoms with Gasteiger partial charge < -0.3 is 9.47 Å². The Balaban J connectivity index is 1.74. The number of rotatable bonds is 0. The monoisotopic (exact) mass is 278 g/mol. The predicted molar refractivity (Wildman–Crippen MR) is 68.2 cm³/mol. The molecule has 1 aliphatic carbocycles. The highest BCUT2D eigenvalue weighted by Gasteiger charge is 2.60. The number of fused-ring (bicyclic) bond motifs is 2. The third-order valence-corrected chi connectivity index (χ3v) is 5.12. The van der Waals surface area contributed by atoms with Crippen molar-refractivity contribution in [3.8, 4) is 0 Å². The zero-order chi connectivity index (χ0) is 14.1. The summed E-state index contributed by atoms with van der Waals surface area (Å²) in [5.74, 6) is -0.976. The summed E-state index contributed by atoms with van der Waals surface area (Å²) >= 11 is 0. The Bertz CT molecular complexity index is 526. The van der Waals surface area contributed by atoms with Crippen LogP contribution in [0.4, 0.5) is 0 Å². The Kier molecular flexibility index (Phi) is 2.34. The van der Waals surface area contributed by atoms with Crippen LogP contribution in [0.15, 0.2) is 24.3 Å². The second-order valence-corrected chi connectivity index (χ2v) is 6.42. The van der Waals surface area contributed by atoms with E-state index in [2.05, 4.69) is 19.6 Å². The quantitative estimate of drug-likeness (QED) is 0.293. The first-order valence-corrected chi connectivity index (χ1v) is 7.08. The topological polar surface area (TPSA) is 54.0 Å². The minimum absolute atomic E-state index is 0.00859. The summed E-state index contributed by atoms with van der Waals surface area (Å²) in [4.78, 5) is 22.8. The number of carbonyl (C=O) groups excluding carboxylic acids is 1. The molecule has 1 saturated carbocycles. The summed E-state index contributed by atoms with van der Waals surface area (Å²) in [5.41, 5.74) is -0.0336. The molecule has 5 rings (SSSR count). The van der Waals surface area contributed by atoms with E-state index in [0.29, 0.717) is 12.0 Å². The zero-order valence-corrected chi connectivity index (χ0v) is 11.6. The third-order valence-electron chi connectivity index (χ3n) is 5.12. The van der Waals surface area contributed by atoms with Crippen LogP contribution in [0.3, 0.4) is 0 Å². The Morgan fingerprint density at radius 3 is 2.80 bits per heavy atom. The van der Waals surface area contributed by atoms with Crippen LogP contribution in [0.1, 0.15) is 26.7 Å². The van der Waals surface area contributed by atoms with Crippen molar-refractivity contribution in [3.05, 3.63) is 24.3 Å². The van der Waals surface area contributed by atoms with Gasteiger partial charge in [0.15, 0.2) is 5.60 Å². The maximum atomic E-state index is 11.7. The van der Waals surface area contributed by atoms with Gasteiger partial charge in [0.1, 0.15) is 6.10 Å².